The second-order valence-electron chi connectivity index (χ2n) is 11.9. The molecule has 0 aromatic heterocycles. The molecule has 1 saturated heterocycles. The Labute approximate surface area is 231 Å². The summed E-state index contributed by atoms with van der Waals surface area (Å²) in [6, 6.07) is 14.3. The number of amides is 1. The zero-order valence-corrected chi connectivity index (χ0v) is 26.0. The van der Waals surface area contributed by atoms with E-state index in [1.165, 1.54) is 5.56 Å². The molecule has 2 aromatic carbocycles. The van der Waals surface area contributed by atoms with Crippen molar-refractivity contribution in [2.24, 2.45) is 0 Å². The number of carbonyl (C=O) groups excluding carboxylic acids is 1. The van der Waals surface area contributed by atoms with Crippen molar-refractivity contribution < 1.29 is 17.9 Å². The number of rotatable bonds is 6. The summed E-state index contributed by atoms with van der Waals surface area (Å²) in [6.45, 7) is 13.3. The predicted octanol–water partition coefficient (Wildman–Crippen LogP) is 7.21. The summed E-state index contributed by atoms with van der Waals surface area (Å²) in [5, 5.41) is 10.0. The predicted molar refractivity (Wildman–Crippen MR) is 154 cm³/mol. The molecular weight excluding hydrogens is 568 g/mol. The first-order chi connectivity index (χ1) is 17.1. The van der Waals surface area contributed by atoms with Crippen molar-refractivity contribution in [3.63, 3.8) is 0 Å². The molecule has 0 saturated carbocycles. The fraction of sp³-hybridized carbons (Fsp3) is 0.500. The fourth-order valence-electron chi connectivity index (χ4n) is 4.41. The van der Waals surface area contributed by atoms with E-state index in [2.05, 4.69) is 41.6 Å². The van der Waals surface area contributed by atoms with Crippen molar-refractivity contribution in [2.45, 2.75) is 75.7 Å². The highest BCUT2D eigenvalue weighted by Gasteiger charge is 2.29. The van der Waals surface area contributed by atoms with E-state index in [4.69, 9.17) is 4.74 Å². The third-order valence-corrected chi connectivity index (χ3v) is 11.3. The quantitative estimate of drug-likeness (QED) is 0.325. The number of likely N-dealkylation sites (tertiary alicyclic amines) is 1. The second kappa shape index (κ2) is 11.3. The highest BCUT2D eigenvalue weighted by atomic mass is 79.9. The molecule has 0 bridgehead atoms. The van der Waals surface area contributed by atoms with Crippen molar-refractivity contribution in [1.29, 1.82) is 5.26 Å². The molecule has 0 atom stereocenters. The van der Waals surface area contributed by atoms with E-state index in [9.17, 15) is 18.5 Å². The van der Waals surface area contributed by atoms with Crippen LogP contribution in [0.5, 0.6) is 0 Å². The largest absolute Gasteiger partial charge is 0.444 e. The Kier molecular flexibility index (Phi) is 8.98. The van der Waals surface area contributed by atoms with E-state index in [1.54, 1.807) is 17.0 Å². The summed E-state index contributed by atoms with van der Waals surface area (Å²) in [7, 11) is -5.20. The molecule has 6 nitrogen and oxygen atoms in total. The summed E-state index contributed by atoms with van der Waals surface area (Å²) in [5.74, 6) is 0.367. The molecule has 0 spiro atoms. The molecule has 2 aromatic rings. The lowest BCUT2D eigenvalue weighted by Gasteiger charge is -2.33. The number of hydrogen-bond acceptors (Lipinski definition) is 5. The van der Waals surface area contributed by atoms with Crippen molar-refractivity contribution in [3.8, 4) is 17.2 Å². The molecule has 37 heavy (non-hydrogen) atoms. The van der Waals surface area contributed by atoms with Crippen molar-refractivity contribution in [3.05, 3.63) is 52.0 Å². The molecule has 1 aliphatic heterocycles. The monoisotopic (exact) mass is 604 g/mol. The van der Waals surface area contributed by atoms with Crippen LogP contribution in [0.2, 0.25) is 25.7 Å². The van der Waals surface area contributed by atoms with Gasteiger partial charge in [-0.15, -0.1) is 0 Å². The van der Waals surface area contributed by atoms with Crippen LogP contribution in [0.4, 0.5) is 4.79 Å². The van der Waals surface area contributed by atoms with Crippen molar-refractivity contribution in [2.75, 3.05) is 18.8 Å². The molecule has 0 radical (unpaired) electrons. The Morgan fingerprint density at radius 1 is 1.11 bits per heavy atom. The number of piperidine rings is 1. The molecular formula is C28H37BrN2O4SSi. The van der Waals surface area contributed by atoms with Crippen molar-refractivity contribution in [1.82, 2.24) is 4.90 Å². The SMILES string of the molecule is CC(C)(C)OC(=O)N1CCC(c2ccc(-c3ccc(Br)c(S(=O)(=O)CC[Si](C)(C)C)c3C#N)cc2)CC1. The first-order valence-electron chi connectivity index (χ1n) is 12.6. The molecule has 1 amide bonds. The molecule has 9 heteroatoms. The van der Waals surface area contributed by atoms with E-state index in [1.807, 2.05) is 45.0 Å². The minimum absolute atomic E-state index is 0.0421. The summed E-state index contributed by atoms with van der Waals surface area (Å²) in [6.07, 6.45) is 1.43. The Bertz CT molecular complexity index is 1280. The van der Waals surface area contributed by atoms with Gasteiger partial charge in [0.25, 0.3) is 0 Å². The molecule has 200 valence electrons. The number of nitriles is 1. The maximum atomic E-state index is 13.3. The van der Waals surface area contributed by atoms with E-state index < -0.39 is 23.5 Å². The Morgan fingerprint density at radius 3 is 2.22 bits per heavy atom. The maximum Gasteiger partial charge on any atom is 0.410 e. The van der Waals surface area contributed by atoms with Crippen LogP contribution < -0.4 is 0 Å². The van der Waals surface area contributed by atoms with Gasteiger partial charge >= 0.3 is 6.09 Å². The minimum Gasteiger partial charge on any atom is -0.444 e. The Balaban J connectivity index is 1.80. The summed E-state index contributed by atoms with van der Waals surface area (Å²) in [5.41, 5.74) is 2.27. The number of sulfone groups is 1. The van der Waals surface area contributed by atoms with E-state index in [0.717, 1.165) is 18.4 Å². The van der Waals surface area contributed by atoms with Crippen LogP contribution >= 0.6 is 15.9 Å². The minimum atomic E-state index is -3.62. The molecule has 1 fully saturated rings. The Morgan fingerprint density at radius 2 is 1.70 bits per heavy atom. The first kappa shape index (κ1) is 29.4. The topological polar surface area (TPSA) is 87.5 Å². The normalized spacial score (nSPS) is 15.4. The maximum absolute atomic E-state index is 13.3. The van der Waals surface area contributed by atoms with E-state index in [0.29, 0.717) is 35.1 Å². The van der Waals surface area contributed by atoms with Crippen LogP contribution in [0.25, 0.3) is 11.1 Å². The molecule has 1 aliphatic rings. The van der Waals surface area contributed by atoms with Gasteiger partial charge in [-0.1, -0.05) is 50.0 Å². The fourth-order valence-corrected chi connectivity index (χ4v) is 10.0. The third kappa shape index (κ3) is 7.68. The summed E-state index contributed by atoms with van der Waals surface area (Å²) >= 11 is 3.39. The van der Waals surface area contributed by atoms with Gasteiger partial charge in [-0.3, -0.25) is 0 Å². The zero-order chi connectivity index (χ0) is 27.6. The lowest BCUT2D eigenvalue weighted by molar-refractivity contribution is 0.0205. The first-order valence-corrected chi connectivity index (χ1v) is 18.8. The van der Waals surface area contributed by atoms with Gasteiger partial charge in [0.05, 0.1) is 16.2 Å². The summed E-state index contributed by atoms with van der Waals surface area (Å²) < 4.78 is 32.5. The van der Waals surface area contributed by atoms with Gasteiger partial charge in [0.2, 0.25) is 0 Å². The lowest BCUT2D eigenvalue weighted by atomic mass is 9.88. The third-order valence-electron chi connectivity index (χ3n) is 6.49. The van der Waals surface area contributed by atoms with Gasteiger partial charge in [-0.05, 0) is 78.7 Å². The van der Waals surface area contributed by atoms with Crippen LogP contribution in [-0.4, -0.2) is 51.9 Å². The van der Waals surface area contributed by atoms with E-state index in [-0.39, 0.29) is 22.3 Å². The Hall–Kier alpha value is -2.15. The number of carbonyl (C=O) groups is 1. The van der Waals surface area contributed by atoms with Gasteiger partial charge in [-0.25, -0.2) is 13.2 Å². The number of halogens is 1. The number of benzene rings is 2. The number of nitrogens with zero attached hydrogens (tertiary/aromatic N) is 2. The van der Waals surface area contributed by atoms with Gasteiger partial charge in [0, 0.05) is 31.2 Å². The second-order valence-corrected chi connectivity index (χ2v) is 20.4. The molecule has 0 N–H and O–H groups in total. The van der Waals surface area contributed by atoms with Gasteiger partial charge in [0.15, 0.2) is 9.84 Å². The molecule has 1 heterocycles. The van der Waals surface area contributed by atoms with Gasteiger partial charge in [0.1, 0.15) is 11.7 Å². The van der Waals surface area contributed by atoms with E-state index >= 15 is 0 Å². The molecule has 0 aliphatic carbocycles. The van der Waals surface area contributed by atoms with Crippen LogP contribution in [0, 0.1) is 11.3 Å². The number of hydrogen-bond donors (Lipinski definition) is 0. The standard InChI is InChI=1S/C28H37BrN2O4SSi/c1-28(2,3)35-27(32)31-15-13-21(14-16-31)20-7-9-22(10-8-20)23-11-12-25(29)26(24(23)19-30)36(33,34)17-18-37(4,5)6/h7-12,21H,13-18H2,1-6H3. The van der Waals surface area contributed by atoms with Crippen LogP contribution in [0.3, 0.4) is 0 Å². The molecule has 0 unspecified atom stereocenters. The smallest absolute Gasteiger partial charge is 0.410 e. The average Bonchev–Trinajstić information content (AvgIpc) is 2.81. The highest BCUT2D eigenvalue weighted by molar-refractivity contribution is 9.10. The van der Waals surface area contributed by atoms with Crippen LogP contribution in [0.15, 0.2) is 45.8 Å². The van der Waals surface area contributed by atoms with Gasteiger partial charge in [-0.2, -0.15) is 5.26 Å². The van der Waals surface area contributed by atoms with Crippen LogP contribution in [-0.2, 0) is 14.6 Å². The zero-order valence-electron chi connectivity index (χ0n) is 22.6. The number of ether oxygens (including phenoxy) is 1. The summed E-state index contributed by atoms with van der Waals surface area (Å²) in [4.78, 5) is 14.2. The lowest BCUT2D eigenvalue weighted by Crippen LogP contribution is -2.41. The van der Waals surface area contributed by atoms with Crippen molar-refractivity contribution >= 4 is 39.9 Å². The van der Waals surface area contributed by atoms with Crippen LogP contribution in [0.1, 0.15) is 50.7 Å². The van der Waals surface area contributed by atoms with Gasteiger partial charge < -0.3 is 9.64 Å². The highest BCUT2D eigenvalue weighted by Crippen LogP contribution is 2.36. The molecule has 3 rings (SSSR count). The average molecular weight is 606 g/mol.